The van der Waals surface area contributed by atoms with Gasteiger partial charge in [0, 0.05) is 18.2 Å². The molecular formula is C25H35N5O4. The Morgan fingerprint density at radius 2 is 1.85 bits per heavy atom. The predicted molar refractivity (Wildman–Crippen MR) is 126 cm³/mol. The molecule has 0 bridgehead atoms. The summed E-state index contributed by atoms with van der Waals surface area (Å²) in [6.45, 7) is 8.09. The maximum Gasteiger partial charge on any atom is 0.410 e. The molecule has 4 rings (SSSR count). The van der Waals surface area contributed by atoms with Crippen LogP contribution in [0.15, 0.2) is 34.9 Å². The average Bonchev–Trinajstić information content (AvgIpc) is 3.47. The summed E-state index contributed by atoms with van der Waals surface area (Å²) >= 11 is 0. The standard InChI is InChI=1S/C25H35N5O4/c1-25(2,3)33-24(32)30-15-9-13-20(30)19-12-7-8-14-29(19)17-22-27-21(28-34-22)16-26-23(31)18-10-5-4-6-11-18/h4-6,10-11,19-20H,7-9,12-17H2,1-3H3,(H,26,31)/t19-,20-/m1/s1. The van der Waals surface area contributed by atoms with Gasteiger partial charge in [-0.1, -0.05) is 29.8 Å². The molecule has 2 amide bonds. The van der Waals surface area contributed by atoms with E-state index in [2.05, 4.69) is 20.4 Å². The fraction of sp³-hybridized carbons (Fsp3) is 0.600. The average molecular weight is 470 g/mol. The number of ether oxygens (including phenoxy) is 1. The van der Waals surface area contributed by atoms with Crippen LogP contribution < -0.4 is 5.32 Å². The lowest BCUT2D eigenvalue weighted by Gasteiger charge is -2.41. The van der Waals surface area contributed by atoms with Crippen molar-refractivity contribution in [1.29, 1.82) is 0 Å². The lowest BCUT2D eigenvalue weighted by molar-refractivity contribution is 0.00513. The van der Waals surface area contributed by atoms with Crippen LogP contribution in [-0.2, 0) is 17.8 Å². The first kappa shape index (κ1) is 24.2. The number of amides is 2. The highest BCUT2D eigenvalue weighted by atomic mass is 16.6. The first-order valence-electron chi connectivity index (χ1n) is 12.2. The molecule has 2 aliphatic heterocycles. The van der Waals surface area contributed by atoms with Crippen molar-refractivity contribution < 1.29 is 18.8 Å². The van der Waals surface area contributed by atoms with Crippen LogP contribution in [-0.4, -0.2) is 62.7 Å². The summed E-state index contributed by atoms with van der Waals surface area (Å²) in [6.07, 6.45) is 5.00. The summed E-state index contributed by atoms with van der Waals surface area (Å²) in [5, 5.41) is 6.87. The predicted octanol–water partition coefficient (Wildman–Crippen LogP) is 3.75. The molecule has 1 aromatic heterocycles. The third kappa shape index (κ3) is 6.14. The number of piperidine rings is 1. The molecule has 2 aliphatic rings. The van der Waals surface area contributed by atoms with Gasteiger partial charge in [-0.05, 0) is 65.1 Å². The van der Waals surface area contributed by atoms with Gasteiger partial charge in [0.05, 0.1) is 19.1 Å². The summed E-state index contributed by atoms with van der Waals surface area (Å²) in [6, 6.07) is 9.40. The van der Waals surface area contributed by atoms with E-state index in [1.165, 1.54) is 0 Å². The molecule has 0 spiro atoms. The van der Waals surface area contributed by atoms with Crippen molar-refractivity contribution in [3.05, 3.63) is 47.6 Å². The Kier molecular flexibility index (Phi) is 7.50. The van der Waals surface area contributed by atoms with E-state index in [0.29, 0.717) is 23.8 Å². The summed E-state index contributed by atoms with van der Waals surface area (Å²) in [5.41, 5.74) is 0.0838. The molecule has 2 aromatic rings. The zero-order chi connectivity index (χ0) is 24.1. The second kappa shape index (κ2) is 10.5. The monoisotopic (exact) mass is 469 g/mol. The number of rotatable bonds is 6. The second-order valence-electron chi connectivity index (χ2n) is 10.1. The molecule has 2 atom stereocenters. The van der Waals surface area contributed by atoms with E-state index in [4.69, 9.17) is 9.26 Å². The number of likely N-dealkylation sites (tertiary alicyclic amines) is 2. The van der Waals surface area contributed by atoms with E-state index < -0.39 is 5.60 Å². The lowest BCUT2D eigenvalue weighted by Crippen LogP contribution is -2.53. The van der Waals surface area contributed by atoms with Crippen LogP contribution in [0.2, 0.25) is 0 Å². The van der Waals surface area contributed by atoms with Crippen LogP contribution in [0.1, 0.15) is 74.9 Å². The Morgan fingerprint density at radius 1 is 1.09 bits per heavy atom. The molecule has 1 aromatic carbocycles. The van der Waals surface area contributed by atoms with Gasteiger partial charge >= 0.3 is 6.09 Å². The minimum atomic E-state index is -0.507. The van der Waals surface area contributed by atoms with Gasteiger partial charge in [0.2, 0.25) is 5.89 Å². The highest BCUT2D eigenvalue weighted by molar-refractivity contribution is 5.93. The molecule has 184 valence electrons. The molecule has 34 heavy (non-hydrogen) atoms. The molecule has 2 fully saturated rings. The normalized spacial score (nSPS) is 21.4. The Bertz CT molecular complexity index is 971. The highest BCUT2D eigenvalue weighted by Gasteiger charge is 2.40. The van der Waals surface area contributed by atoms with Crippen LogP contribution >= 0.6 is 0 Å². The third-order valence-electron chi connectivity index (χ3n) is 6.33. The van der Waals surface area contributed by atoms with Crippen molar-refractivity contribution in [1.82, 2.24) is 25.3 Å². The van der Waals surface area contributed by atoms with Crippen LogP contribution in [0.5, 0.6) is 0 Å². The maximum atomic E-state index is 12.8. The largest absolute Gasteiger partial charge is 0.444 e. The summed E-state index contributed by atoms with van der Waals surface area (Å²) in [4.78, 5) is 33.8. The molecule has 0 unspecified atom stereocenters. The van der Waals surface area contributed by atoms with Crippen LogP contribution in [0, 0.1) is 0 Å². The van der Waals surface area contributed by atoms with Gasteiger partial charge in [0.1, 0.15) is 5.60 Å². The number of hydrogen-bond acceptors (Lipinski definition) is 7. The molecule has 9 nitrogen and oxygen atoms in total. The molecule has 3 heterocycles. The van der Waals surface area contributed by atoms with Crippen molar-refractivity contribution >= 4 is 12.0 Å². The first-order valence-corrected chi connectivity index (χ1v) is 12.2. The van der Waals surface area contributed by atoms with E-state index in [0.717, 1.165) is 45.2 Å². The zero-order valence-corrected chi connectivity index (χ0v) is 20.3. The molecule has 0 saturated carbocycles. The maximum absolute atomic E-state index is 12.8. The molecular weight excluding hydrogens is 434 g/mol. The van der Waals surface area contributed by atoms with Crippen molar-refractivity contribution in [2.75, 3.05) is 13.1 Å². The van der Waals surface area contributed by atoms with E-state index in [1.54, 1.807) is 12.1 Å². The summed E-state index contributed by atoms with van der Waals surface area (Å²) in [7, 11) is 0. The van der Waals surface area contributed by atoms with Gasteiger partial charge < -0.3 is 19.5 Å². The second-order valence-corrected chi connectivity index (χ2v) is 10.1. The zero-order valence-electron chi connectivity index (χ0n) is 20.3. The van der Waals surface area contributed by atoms with E-state index in [9.17, 15) is 9.59 Å². The number of nitrogens with one attached hydrogen (secondary N) is 1. The van der Waals surface area contributed by atoms with Crippen molar-refractivity contribution in [2.45, 2.75) is 83.6 Å². The van der Waals surface area contributed by atoms with Crippen molar-refractivity contribution in [2.24, 2.45) is 0 Å². The van der Waals surface area contributed by atoms with Gasteiger partial charge in [-0.2, -0.15) is 4.98 Å². The van der Waals surface area contributed by atoms with Crippen molar-refractivity contribution in [3.8, 4) is 0 Å². The van der Waals surface area contributed by atoms with Gasteiger partial charge in [0.15, 0.2) is 5.82 Å². The number of benzene rings is 1. The molecule has 1 N–H and O–H groups in total. The Balaban J connectivity index is 1.36. The van der Waals surface area contributed by atoms with Gasteiger partial charge in [0.25, 0.3) is 5.91 Å². The Labute approximate surface area is 200 Å². The van der Waals surface area contributed by atoms with Gasteiger partial charge in [-0.15, -0.1) is 0 Å². The fourth-order valence-electron chi connectivity index (χ4n) is 4.84. The van der Waals surface area contributed by atoms with E-state index >= 15 is 0 Å². The smallest absolute Gasteiger partial charge is 0.410 e. The van der Waals surface area contributed by atoms with Gasteiger partial charge in [-0.3, -0.25) is 9.69 Å². The van der Waals surface area contributed by atoms with Crippen LogP contribution in [0.25, 0.3) is 0 Å². The van der Waals surface area contributed by atoms with Gasteiger partial charge in [-0.25, -0.2) is 4.79 Å². The quantitative estimate of drug-likeness (QED) is 0.687. The Hall–Kier alpha value is -2.94. The minimum absolute atomic E-state index is 0.128. The third-order valence-corrected chi connectivity index (χ3v) is 6.33. The van der Waals surface area contributed by atoms with Crippen LogP contribution in [0.3, 0.4) is 0 Å². The number of nitrogens with zero attached hydrogens (tertiary/aromatic N) is 4. The van der Waals surface area contributed by atoms with Crippen LogP contribution in [0.4, 0.5) is 4.79 Å². The number of hydrogen-bond donors (Lipinski definition) is 1. The Morgan fingerprint density at radius 3 is 2.62 bits per heavy atom. The summed E-state index contributed by atoms with van der Waals surface area (Å²) in [5.74, 6) is 0.799. The van der Waals surface area contributed by atoms with Crippen molar-refractivity contribution in [3.63, 3.8) is 0 Å². The van der Waals surface area contributed by atoms with E-state index in [1.807, 2.05) is 43.9 Å². The molecule has 0 radical (unpaired) electrons. The topological polar surface area (TPSA) is 101 Å². The highest BCUT2D eigenvalue weighted by Crippen LogP contribution is 2.31. The lowest BCUT2D eigenvalue weighted by atomic mass is 9.94. The fourth-order valence-corrected chi connectivity index (χ4v) is 4.84. The molecule has 2 saturated heterocycles. The molecule has 9 heteroatoms. The minimum Gasteiger partial charge on any atom is -0.444 e. The number of carbonyl (C=O) groups is 2. The SMILES string of the molecule is CC(C)(C)OC(=O)N1CCC[C@@H]1[C@H]1CCCCN1Cc1nc(CNC(=O)c2ccccc2)no1. The van der Waals surface area contributed by atoms with E-state index in [-0.39, 0.29) is 30.6 Å². The first-order chi connectivity index (χ1) is 16.3. The molecule has 0 aliphatic carbocycles. The number of aromatic nitrogens is 2. The summed E-state index contributed by atoms with van der Waals surface area (Å²) < 4.78 is 11.2. The number of carbonyl (C=O) groups excluding carboxylic acids is 2.